The van der Waals surface area contributed by atoms with Gasteiger partial charge in [-0.05, 0) is 12.1 Å². The molecule has 1 aromatic rings. The lowest BCUT2D eigenvalue weighted by Gasteiger charge is -2.11. The highest BCUT2D eigenvalue weighted by Gasteiger charge is 2.08. The molecule has 0 amide bonds. The van der Waals surface area contributed by atoms with Crippen molar-refractivity contribution in [1.29, 1.82) is 0 Å². The van der Waals surface area contributed by atoms with Gasteiger partial charge in [0, 0.05) is 14.2 Å². The van der Waals surface area contributed by atoms with Gasteiger partial charge in [-0.2, -0.15) is 0 Å². The van der Waals surface area contributed by atoms with E-state index in [1.807, 2.05) is 30.3 Å². The van der Waals surface area contributed by atoms with Crippen LogP contribution in [0.1, 0.15) is 0 Å². The Morgan fingerprint density at radius 2 is 1.58 bits per heavy atom. The van der Waals surface area contributed by atoms with Gasteiger partial charge in [0.15, 0.2) is 0 Å². The Balaban J connectivity index is 2.51. The van der Waals surface area contributed by atoms with Crippen LogP contribution < -0.4 is 4.52 Å². The van der Waals surface area contributed by atoms with Crippen LogP contribution in [0.4, 0.5) is 0 Å². The molecule has 0 saturated carbocycles. The van der Waals surface area contributed by atoms with E-state index in [2.05, 4.69) is 0 Å². The van der Waals surface area contributed by atoms with Crippen LogP contribution in [-0.4, -0.2) is 14.2 Å². The van der Waals surface area contributed by atoms with Crippen LogP contribution in [0.25, 0.3) is 0 Å². The van der Waals surface area contributed by atoms with Gasteiger partial charge in [-0.3, -0.25) is 0 Å². The Bertz CT molecular complexity index is 211. The van der Waals surface area contributed by atoms with Crippen LogP contribution in [0.5, 0.6) is 5.75 Å². The molecule has 0 aliphatic rings. The zero-order valence-electron chi connectivity index (χ0n) is 7.06. The molecule has 4 heteroatoms. The molecule has 0 spiro atoms. The lowest BCUT2D eigenvalue weighted by molar-refractivity contribution is 0.277. The van der Waals surface area contributed by atoms with E-state index in [9.17, 15) is 0 Å². The molecular weight excluding hydrogens is 175 g/mol. The summed E-state index contributed by atoms with van der Waals surface area (Å²) < 4.78 is 15.2. The topological polar surface area (TPSA) is 27.7 Å². The molecule has 0 bridgehead atoms. The summed E-state index contributed by atoms with van der Waals surface area (Å²) >= 11 is 0. The van der Waals surface area contributed by atoms with Crippen molar-refractivity contribution < 1.29 is 13.6 Å². The SMILES string of the molecule is COP(OC)Oc1ccccc1. The molecule has 12 heavy (non-hydrogen) atoms. The third-order valence-electron chi connectivity index (χ3n) is 1.22. The van der Waals surface area contributed by atoms with Gasteiger partial charge in [-0.15, -0.1) is 0 Å². The highest BCUT2D eigenvalue weighted by molar-refractivity contribution is 7.42. The number of benzene rings is 1. The first-order valence-corrected chi connectivity index (χ1v) is 4.57. The van der Waals surface area contributed by atoms with Crippen molar-refractivity contribution in [2.24, 2.45) is 0 Å². The lowest BCUT2D eigenvalue weighted by atomic mass is 10.3. The van der Waals surface area contributed by atoms with Crippen molar-refractivity contribution in [3.05, 3.63) is 30.3 Å². The fourth-order valence-electron chi connectivity index (χ4n) is 0.716. The molecule has 0 radical (unpaired) electrons. The zero-order chi connectivity index (χ0) is 8.81. The summed E-state index contributed by atoms with van der Waals surface area (Å²) in [6.07, 6.45) is 0. The summed E-state index contributed by atoms with van der Waals surface area (Å²) in [4.78, 5) is 0. The number of rotatable bonds is 4. The van der Waals surface area contributed by atoms with Crippen molar-refractivity contribution in [3.63, 3.8) is 0 Å². The van der Waals surface area contributed by atoms with Crippen molar-refractivity contribution in [1.82, 2.24) is 0 Å². The fraction of sp³-hybridized carbons (Fsp3) is 0.250. The third-order valence-corrected chi connectivity index (χ3v) is 2.18. The number of hydrogen-bond donors (Lipinski definition) is 0. The summed E-state index contributed by atoms with van der Waals surface area (Å²) in [6, 6.07) is 9.43. The van der Waals surface area contributed by atoms with Crippen LogP contribution in [0.2, 0.25) is 0 Å². The Morgan fingerprint density at radius 3 is 2.08 bits per heavy atom. The van der Waals surface area contributed by atoms with Gasteiger partial charge in [0.05, 0.1) is 0 Å². The van der Waals surface area contributed by atoms with Crippen LogP contribution in [0.3, 0.4) is 0 Å². The molecule has 0 aromatic heterocycles. The fourth-order valence-corrected chi connectivity index (χ4v) is 1.31. The second-order valence-corrected chi connectivity index (χ2v) is 3.35. The van der Waals surface area contributed by atoms with Gasteiger partial charge in [-0.25, -0.2) is 0 Å². The molecule has 66 valence electrons. The van der Waals surface area contributed by atoms with Crippen molar-refractivity contribution in [2.45, 2.75) is 0 Å². The molecule has 0 saturated heterocycles. The van der Waals surface area contributed by atoms with Crippen molar-refractivity contribution >= 4 is 8.60 Å². The minimum absolute atomic E-state index is 0.757. The maximum Gasteiger partial charge on any atom is 0.396 e. The van der Waals surface area contributed by atoms with E-state index in [1.165, 1.54) is 0 Å². The van der Waals surface area contributed by atoms with Gasteiger partial charge >= 0.3 is 8.60 Å². The molecule has 0 aliphatic heterocycles. The van der Waals surface area contributed by atoms with Crippen LogP contribution >= 0.6 is 8.60 Å². The van der Waals surface area contributed by atoms with Gasteiger partial charge in [0.1, 0.15) is 5.75 Å². The second-order valence-electron chi connectivity index (χ2n) is 1.99. The number of para-hydroxylation sites is 1. The molecule has 1 rings (SSSR count). The number of hydrogen-bond acceptors (Lipinski definition) is 3. The first-order chi connectivity index (χ1) is 5.86. The van der Waals surface area contributed by atoms with E-state index in [4.69, 9.17) is 13.6 Å². The molecule has 1 aromatic carbocycles. The monoisotopic (exact) mass is 186 g/mol. The summed E-state index contributed by atoms with van der Waals surface area (Å²) in [5.41, 5.74) is 0. The van der Waals surface area contributed by atoms with Crippen LogP contribution in [0.15, 0.2) is 30.3 Å². The Hall–Kier alpha value is -0.630. The molecule has 0 atom stereocenters. The summed E-state index contributed by atoms with van der Waals surface area (Å²) in [5.74, 6) is 0.757. The van der Waals surface area contributed by atoms with Gasteiger partial charge in [-0.1, -0.05) is 18.2 Å². The summed E-state index contributed by atoms with van der Waals surface area (Å²) in [7, 11) is 1.87. The lowest BCUT2D eigenvalue weighted by Crippen LogP contribution is -1.90. The molecule has 3 nitrogen and oxygen atoms in total. The zero-order valence-corrected chi connectivity index (χ0v) is 7.95. The van der Waals surface area contributed by atoms with Gasteiger partial charge in [0.25, 0.3) is 0 Å². The van der Waals surface area contributed by atoms with Crippen LogP contribution in [0, 0.1) is 0 Å². The van der Waals surface area contributed by atoms with E-state index in [-0.39, 0.29) is 0 Å². The Kier molecular flexibility index (Phi) is 4.01. The molecule has 0 fully saturated rings. The quantitative estimate of drug-likeness (QED) is 0.676. The summed E-state index contributed by atoms with van der Waals surface area (Å²) in [5, 5.41) is 0. The van der Waals surface area contributed by atoms with Gasteiger partial charge < -0.3 is 13.6 Å². The van der Waals surface area contributed by atoms with Gasteiger partial charge in [0.2, 0.25) is 0 Å². The van der Waals surface area contributed by atoms with E-state index >= 15 is 0 Å². The maximum atomic E-state index is 5.33. The largest absolute Gasteiger partial charge is 0.427 e. The van der Waals surface area contributed by atoms with E-state index < -0.39 is 8.60 Å². The van der Waals surface area contributed by atoms with E-state index in [0.29, 0.717) is 0 Å². The first-order valence-electron chi connectivity index (χ1n) is 3.48. The van der Waals surface area contributed by atoms with Crippen molar-refractivity contribution in [3.8, 4) is 5.75 Å². The Labute approximate surface area is 73.3 Å². The first kappa shape index (κ1) is 9.46. The third kappa shape index (κ3) is 2.78. The predicted octanol–water partition coefficient (Wildman–Crippen LogP) is 2.59. The molecular formula is C8H11O3P. The van der Waals surface area contributed by atoms with Crippen molar-refractivity contribution in [2.75, 3.05) is 14.2 Å². The molecule has 0 heterocycles. The maximum absolute atomic E-state index is 5.33. The van der Waals surface area contributed by atoms with E-state index in [1.54, 1.807) is 14.2 Å². The predicted molar refractivity (Wildman–Crippen MR) is 48.0 cm³/mol. The normalized spacial score (nSPS) is 10.2. The highest BCUT2D eigenvalue weighted by atomic mass is 31.2. The minimum Gasteiger partial charge on any atom is -0.427 e. The highest BCUT2D eigenvalue weighted by Crippen LogP contribution is 2.38. The smallest absolute Gasteiger partial charge is 0.396 e. The molecule has 0 aliphatic carbocycles. The minimum atomic E-state index is -1.23. The summed E-state index contributed by atoms with van der Waals surface area (Å²) in [6.45, 7) is 0. The average Bonchev–Trinajstić information content (AvgIpc) is 2.16. The average molecular weight is 186 g/mol. The van der Waals surface area contributed by atoms with Crippen LogP contribution in [-0.2, 0) is 9.05 Å². The Morgan fingerprint density at radius 1 is 1.00 bits per heavy atom. The molecule has 0 N–H and O–H groups in total. The second kappa shape index (κ2) is 5.09. The standard InChI is InChI=1S/C8H11O3P/c1-9-12(10-2)11-8-6-4-3-5-7-8/h3-7H,1-2H3. The molecule has 0 unspecified atom stereocenters. The van der Waals surface area contributed by atoms with E-state index in [0.717, 1.165) is 5.75 Å².